The third kappa shape index (κ3) is 4.78. The fourth-order valence-corrected chi connectivity index (χ4v) is 3.87. The van der Waals surface area contributed by atoms with Crippen LogP contribution in [0.1, 0.15) is 5.56 Å². The topological polar surface area (TPSA) is 101 Å². The van der Waals surface area contributed by atoms with Crippen molar-refractivity contribution in [2.75, 3.05) is 43.5 Å². The van der Waals surface area contributed by atoms with E-state index in [9.17, 15) is 13.2 Å². The van der Waals surface area contributed by atoms with Gasteiger partial charge in [-0.05, 0) is 24.3 Å². The Balaban J connectivity index is 1.54. The third-order valence-corrected chi connectivity index (χ3v) is 5.55. The van der Waals surface area contributed by atoms with Crippen molar-refractivity contribution in [3.05, 3.63) is 54.6 Å². The van der Waals surface area contributed by atoms with Gasteiger partial charge in [-0.15, -0.1) is 0 Å². The van der Waals surface area contributed by atoms with Crippen LogP contribution in [-0.4, -0.2) is 58.2 Å². The van der Waals surface area contributed by atoms with Crippen LogP contribution in [0, 0.1) is 0 Å². The molecule has 12 heteroatoms. The van der Waals surface area contributed by atoms with Crippen molar-refractivity contribution in [3.63, 3.8) is 0 Å². The van der Waals surface area contributed by atoms with Gasteiger partial charge >= 0.3 is 6.18 Å². The molecule has 0 bridgehead atoms. The lowest BCUT2D eigenvalue weighted by molar-refractivity contribution is -0.137. The lowest BCUT2D eigenvalue weighted by Gasteiger charge is -2.29. The van der Waals surface area contributed by atoms with E-state index in [0.717, 1.165) is 55.7 Å². The highest BCUT2D eigenvalue weighted by Gasteiger charge is 2.30. The van der Waals surface area contributed by atoms with Crippen LogP contribution in [0.15, 0.2) is 49.1 Å². The number of alkyl halides is 3. The van der Waals surface area contributed by atoms with Gasteiger partial charge in [0.25, 0.3) is 0 Å². The van der Waals surface area contributed by atoms with E-state index in [2.05, 4.69) is 35.5 Å². The van der Waals surface area contributed by atoms with Crippen LogP contribution in [-0.2, 0) is 6.18 Å². The third-order valence-electron chi connectivity index (χ3n) is 5.55. The summed E-state index contributed by atoms with van der Waals surface area (Å²) >= 11 is 0. The van der Waals surface area contributed by atoms with Crippen LogP contribution in [0.5, 0.6) is 5.75 Å². The van der Waals surface area contributed by atoms with E-state index in [0.29, 0.717) is 28.5 Å². The van der Waals surface area contributed by atoms with Gasteiger partial charge in [-0.3, -0.25) is 4.98 Å². The molecule has 4 aromatic heterocycles. The molecule has 0 aromatic carbocycles. The Morgan fingerprint density at radius 2 is 1.74 bits per heavy atom. The van der Waals surface area contributed by atoms with E-state index in [1.54, 1.807) is 31.6 Å². The highest BCUT2D eigenvalue weighted by atomic mass is 19.4. The second kappa shape index (κ2) is 9.29. The molecule has 0 saturated carbocycles. The van der Waals surface area contributed by atoms with Gasteiger partial charge in [-0.1, -0.05) is 0 Å². The van der Waals surface area contributed by atoms with Crippen LogP contribution in [0.2, 0.25) is 0 Å². The molecule has 5 rings (SSSR count). The molecule has 1 fully saturated rings. The number of nitrogens with one attached hydrogen (secondary N) is 2. The molecule has 35 heavy (non-hydrogen) atoms. The molecule has 5 heterocycles. The molecule has 0 aliphatic carbocycles. The van der Waals surface area contributed by atoms with Gasteiger partial charge in [0.2, 0.25) is 0 Å². The molecule has 0 spiro atoms. The normalized spacial score (nSPS) is 14.2. The number of hydrogen-bond donors (Lipinski definition) is 2. The number of anilines is 3. The van der Waals surface area contributed by atoms with Gasteiger partial charge in [0.1, 0.15) is 23.2 Å². The number of rotatable bonds is 5. The molecule has 1 aliphatic rings. The number of methoxy groups -OCH3 is 1. The smallest absolute Gasteiger partial charge is 0.416 e. The first-order valence-corrected chi connectivity index (χ1v) is 10.8. The average molecular weight is 482 g/mol. The molecule has 0 radical (unpaired) electrons. The predicted molar refractivity (Wildman–Crippen MR) is 125 cm³/mol. The van der Waals surface area contributed by atoms with Crippen molar-refractivity contribution < 1.29 is 17.9 Å². The first-order chi connectivity index (χ1) is 16.9. The Kier molecular flexibility index (Phi) is 6.03. The highest BCUT2D eigenvalue weighted by molar-refractivity contribution is 5.95. The van der Waals surface area contributed by atoms with E-state index in [4.69, 9.17) is 9.72 Å². The van der Waals surface area contributed by atoms with Gasteiger partial charge in [-0.2, -0.15) is 13.2 Å². The maximum atomic E-state index is 13.1. The van der Waals surface area contributed by atoms with E-state index in [1.807, 2.05) is 0 Å². The maximum Gasteiger partial charge on any atom is 0.416 e. The number of hydrogen-bond acceptors (Lipinski definition) is 9. The minimum Gasteiger partial charge on any atom is -0.494 e. The standard InChI is InChI=1S/C23H21F3N8O/c1-35-17-13-28-12-16-20(17)22(34-8-6-27-7-9-34)33-21(31-16)14-2-4-29-18(10-14)32-19-11-15(3-5-30-19)23(24,25)26/h2-5,10-13,27H,6-9H2,1H3,(H,29,30,32). The molecule has 0 amide bonds. The molecule has 2 N–H and O–H groups in total. The molecule has 1 saturated heterocycles. The summed E-state index contributed by atoms with van der Waals surface area (Å²) < 4.78 is 44.7. The molecule has 1 aliphatic heterocycles. The number of pyridine rings is 3. The number of nitrogens with zero attached hydrogens (tertiary/aromatic N) is 6. The van der Waals surface area contributed by atoms with Crippen LogP contribution in [0.3, 0.4) is 0 Å². The lowest BCUT2D eigenvalue weighted by Crippen LogP contribution is -2.44. The summed E-state index contributed by atoms with van der Waals surface area (Å²) in [5.74, 6) is 2.08. The molecular weight excluding hydrogens is 461 g/mol. The minimum atomic E-state index is -4.47. The van der Waals surface area contributed by atoms with Crippen molar-refractivity contribution in [3.8, 4) is 17.1 Å². The molecule has 4 aromatic rings. The Morgan fingerprint density at radius 1 is 1.00 bits per heavy atom. The van der Waals surface area contributed by atoms with Crippen molar-refractivity contribution in [1.82, 2.24) is 30.2 Å². The fourth-order valence-electron chi connectivity index (χ4n) is 3.87. The molecule has 9 nitrogen and oxygen atoms in total. The molecule has 180 valence electrons. The van der Waals surface area contributed by atoms with Crippen LogP contribution >= 0.6 is 0 Å². The van der Waals surface area contributed by atoms with E-state index >= 15 is 0 Å². The summed E-state index contributed by atoms with van der Waals surface area (Å²) in [7, 11) is 1.58. The summed E-state index contributed by atoms with van der Waals surface area (Å²) in [6.45, 7) is 3.17. The Labute approximate surface area is 198 Å². The molecule has 0 unspecified atom stereocenters. The van der Waals surface area contributed by atoms with Crippen LogP contribution in [0.25, 0.3) is 22.3 Å². The van der Waals surface area contributed by atoms with Gasteiger partial charge in [-0.25, -0.2) is 19.9 Å². The zero-order chi connectivity index (χ0) is 24.4. The van der Waals surface area contributed by atoms with Gasteiger partial charge in [0.15, 0.2) is 5.82 Å². The van der Waals surface area contributed by atoms with Crippen LogP contribution < -0.4 is 20.3 Å². The van der Waals surface area contributed by atoms with E-state index in [1.165, 1.54) is 6.20 Å². The summed E-state index contributed by atoms with van der Waals surface area (Å²) in [6, 6.07) is 5.25. The average Bonchev–Trinajstić information content (AvgIpc) is 2.88. The van der Waals surface area contributed by atoms with E-state index in [-0.39, 0.29) is 5.82 Å². The SMILES string of the molecule is COc1cncc2nc(-c3ccnc(Nc4cc(C(F)(F)F)ccn4)c3)nc(N3CCNCC3)c12. The summed E-state index contributed by atoms with van der Waals surface area (Å²) in [6.07, 6.45) is 1.45. The number of ether oxygens (including phenoxy) is 1. The van der Waals surface area contributed by atoms with E-state index < -0.39 is 11.7 Å². The first-order valence-electron chi connectivity index (χ1n) is 10.8. The van der Waals surface area contributed by atoms with Gasteiger partial charge in [0.05, 0.1) is 36.0 Å². The van der Waals surface area contributed by atoms with Crippen LogP contribution in [0.4, 0.5) is 30.6 Å². The van der Waals surface area contributed by atoms with Crippen molar-refractivity contribution >= 4 is 28.4 Å². The fraction of sp³-hybridized carbons (Fsp3) is 0.261. The molecule has 0 atom stereocenters. The van der Waals surface area contributed by atoms with Crippen molar-refractivity contribution in [2.24, 2.45) is 0 Å². The Morgan fingerprint density at radius 3 is 2.49 bits per heavy atom. The highest BCUT2D eigenvalue weighted by Crippen LogP contribution is 2.34. The zero-order valence-corrected chi connectivity index (χ0v) is 18.7. The second-order valence-electron chi connectivity index (χ2n) is 7.83. The lowest BCUT2D eigenvalue weighted by atomic mass is 10.2. The first kappa shape index (κ1) is 22.7. The van der Waals surface area contributed by atoms with Crippen molar-refractivity contribution in [1.29, 1.82) is 0 Å². The Bertz CT molecular complexity index is 1360. The number of fused-ring (bicyclic) bond motifs is 1. The minimum absolute atomic E-state index is 0.0272. The molecular formula is C23H21F3N8O. The number of aromatic nitrogens is 5. The van der Waals surface area contributed by atoms with Gasteiger partial charge < -0.3 is 20.3 Å². The second-order valence-corrected chi connectivity index (χ2v) is 7.83. The number of halogens is 3. The monoisotopic (exact) mass is 482 g/mol. The summed E-state index contributed by atoms with van der Waals surface area (Å²) in [5, 5.41) is 6.93. The zero-order valence-electron chi connectivity index (χ0n) is 18.7. The van der Waals surface area contributed by atoms with Crippen molar-refractivity contribution in [2.45, 2.75) is 6.18 Å². The maximum absolute atomic E-state index is 13.1. The number of piperazine rings is 1. The predicted octanol–water partition coefficient (Wildman–Crippen LogP) is 3.66. The quantitative estimate of drug-likeness (QED) is 0.441. The Hall–Kier alpha value is -4.06. The largest absolute Gasteiger partial charge is 0.494 e. The van der Waals surface area contributed by atoms with Gasteiger partial charge in [0, 0.05) is 44.1 Å². The summed E-state index contributed by atoms with van der Waals surface area (Å²) in [5.41, 5.74) is 0.454. The summed E-state index contributed by atoms with van der Waals surface area (Å²) in [4.78, 5) is 24.1.